The molecule has 1 aromatic carbocycles. The Hall–Kier alpha value is -2.34. The highest BCUT2D eigenvalue weighted by atomic mass is 16.5. The number of ether oxygens (including phenoxy) is 1. The molecular formula is C14H17NO5. The van der Waals surface area contributed by atoms with Crippen molar-refractivity contribution in [1.82, 2.24) is 5.32 Å². The Morgan fingerprint density at radius 1 is 1.25 bits per heavy atom. The number of benzene rings is 1. The monoisotopic (exact) mass is 279 g/mol. The number of hydrogen-bond acceptors (Lipinski definition) is 4. The molecule has 1 aromatic rings. The number of fused-ring (bicyclic) bond motifs is 1. The molecule has 1 aliphatic rings. The summed E-state index contributed by atoms with van der Waals surface area (Å²) in [4.78, 5) is 18.2. The lowest BCUT2D eigenvalue weighted by molar-refractivity contribution is -0.159. The van der Waals surface area contributed by atoms with Crippen LogP contribution in [0.2, 0.25) is 0 Å². The van der Waals surface area contributed by atoms with Crippen molar-refractivity contribution < 1.29 is 24.5 Å². The van der Waals surface area contributed by atoms with Crippen LogP contribution in [0.3, 0.4) is 0 Å². The number of aliphatic carboxylic acids is 2. The third-order valence-electron chi connectivity index (χ3n) is 2.65. The van der Waals surface area contributed by atoms with Crippen molar-refractivity contribution in [2.45, 2.75) is 13.0 Å². The summed E-state index contributed by atoms with van der Waals surface area (Å²) in [5.74, 6) is -2.66. The van der Waals surface area contributed by atoms with E-state index >= 15 is 0 Å². The molecule has 1 aliphatic heterocycles. The molecular weight excluding hydrogens is 262 g/mol. The minimum absolute atomic E-state index is 0.178. The molecule has 0 bridgehead atoms. The van der Waals surface area contributed by atoms with Gasteiger partial charge in [-0.15, -0.1) is 0 Å². The Balaban J connectivity index is 0.000000286. The fourth-order valence-corrected chi connectivity index (χ4v) is 1.69. The summed E-state index contributed by atoms with van der Waals surface area (Å²) in [6.07, 6.45) is 2.39. The maximum absolute atomic E-state index is 9.10. The predicted molar refractivity (Wildman–Crippen MR) is 73.7 cm³/mol. The predicted octanol–water partition coefficient (Wildman–Crippen LogP) is 1.23. The third-order valence-corrected chi connectivity index (χ3v) is 2.65. The molecule has 20 heavy (non-hydrogen) atoms. The van der Waals surface area contributed by atoms with E-state index in [4.69, 9.17) is 24.5 Å². The smallest absolute Gasteiger partial charge is 0.414 e. The van der Waals surface area contributed by atoms with Crippen molar-refractivity contribution in [2.24, 2.45) is 0 Å². The Morgan fingerprint density at radius 3 is 2.40 bits per heavy atom. The number of carboxylic acid groups (broad SMARTS) is 2. The first-order valence-corrected chi connectivity index (χ1v) is 6.02. The zero-order chi connectivity index (χ0) is 15.1. The van der Waals surface area contributed by atoms with E-state index in [1.54, 1.807) is 0 Å². The highest BCUT2D eigenvalue weighted by molar-refractivity contribution is 6.27. The molecule has 6 nitrogen and oxygen atoms in total. The van der Waals surface area contributed by atoms with E-state index in [9.17, 15) is 0 Å². The van der Waals surface area contributed by atoms with Gasteiger partial charge in [-0.2, -0.15) is 0 Å². The topological polar surface area (TPSA) is 95.9 Å². The summed E-state index contributed by atoms with van der Waals surface area (Å²) >= 11 is 0. The zero-order valence-electron chi connectivity index (χ0n) is 11.3. The van der Waals surface area contributed by atoms with Gasteiger partial charge in [0.2, 0.25) is 0 Å². The second kappa shape index (κ2) is 7.30. The maximum Gasteiger partial charge on any atom is 0.414 e. The number of nitrogens with one attached hydrogen (secondary N) is 1. The quantitative estimate of drug-likeness (QED) is 0.705. The van der Waals surface area contributed by atoms with Crippen LogP contribution in [-0.2, 0) is 9.59 Å². The van der Waals surface area contributed by atoms with Gasteiger partial charge < -0.3 is 20.3 Å². The van der Waals surface area contributed by atoms with Crippen LogP contribution < -0.4 is 10.1 Å². The van der Waals surface area contributed by atoms with Crippen molar-refractivity contribution in [2.75, 3.05) is 13.6 Å². The fraction of sp³-hybridized carbons (Fsp3) is 0.286. The van der Waals surface area contributed by atoms with Gasteiger partial charge in [-0.25, -0.2) is 9.59 Å². The summed E-state index contributed by atoms with van der Waals surface area (Å²) in [6, 6.07) is 8.13. The maximum atomic E-state index is 9.10. The Labute approximate surface area is 116 Å². The van der Waals surface area contributed by atoms with Gasteiger partial charge in [-0.05, 0) is 31.7 Å². The summed E-state index contributed by atoms with van der Waals surface area (Å²) in [7, 11) is 1.95. The second-order valence-corrected chi connectivity index (χ2v) is 4.16. The van der Waals surface area contributed by atoms with Crippen LogP contribution in [0.15, 0.2) is 29.8 Å². The second-order valence-electron chi connectivity index (χ2n) is 4.16. The first-order valence-electron chi connectivity index (χ1n) is 6.02. The lowest BCUT2D eigenvalue weighted by atomic mass is 10.0. The average Bonchev–Trinajstić information content (AvgIpc) is 2.40. The Bertz CT molecular complexity index is 512. The first-order chi connectivity index (χ1) is 9.45. The normalized spacial score (nSPS) is 15.9. The van der Waals surface area contributed by atoms with Gasteiger partial charge in [0.05, 0.1) is 0 Å². The minimum Gasteiger partial charge on any atom is -0.486 e. The molecule has 0 aromatic heterocycles. The lowest BCUT2D eigenvalue weighted by Crippen LogP contribution is -2.25. The summed E-state index contributed by atoms with van der Waals surface area (Å²) in [5.41, 5.74) is 2.47. The molecule has 1 heterocycles. The van der Waals surface area contributed by atoms with Crippen LogP contribution in [0, 0.1) is 0 Å². The molecule has 2 rings (SSSR count). The van der Waals surface area contributed by atoms with Crippen LogP contribution in [0.4, 0.5) is 0 Å². The lowest BCUT2D eigenvalue weighted by Gasteiger charge is -2.24. The molecule has 0 radical (unpaired) electrons. The van der Waals surface area contributed by atoms with Crippen LogP contribution >= 0.6 is 0 Å². The standard InChI is InChI=1S/C12H15NO.C2H2O4/c1-9-11(8-13-2)7-10-5-3-4-6-12(10)14-9;3-1(4)2(5)6/h3-7,9,13H,8H2,1-2H3;(H,3,4)(H,5,6). The van der Waals surface area contributed by atoms with Crippen molar-refractivity contribution in [3.05, 3.63) is 35.4 Å². The molecule has 0 saturated carbocycles. The van der Waals surface area contributed by atoms with E-state index < -0.39 is 11.9 Å². The molecule has 0 spiro atoms. The molecule has 0 amide bonds. The number of likely N-dealkylation sites (N-methyl/N-ethyl adjacent to an activating group) is 1. The molecule has 0 aliphatic carbocycles. The van der Waals surface area contributed by atoms with Crippen molar-refractivity contribution in [3.63, 3.8) is 0 Å². The largest absolute Gasteiger partial charge is 0.486 e. The SMILES string of the molecule is CNCC1=Cc2ccccc2OC1C.O=C(O)C(=O)O. The number of para-hydroxylation sites is 1. The third kappa shape index (κ3) is 4.40. The molecule has 0 fully saturated rings. The van der Waals surface area contributed by atoms with Gasteiger partial charge in [-0.3, -0.25) is 0 Å². The molecule has 6 heteroatoms. The van der Waals surface area contributed by atoms with Gasteiger partial charge in [0, 0.05) is 12.1 Å². The summed E-state index contributed by atoms with van der Waals surface area (Å²) in [6.45, 7) is 2.97. The van der Waals surface area contributed by atoms with Gasteiger partial charge in [0.25, 0.3) is 0 Å². The number of carbonyl (C=O) groups is 2. The van der Waals surface area contributed by atoms with Crippen molar-refractivity contribution in [1.29, 1.82) is 0 Å². The van der Waals surface area contributed by atoms with Gasteiger partial charge in [0.15, 0.2) is 0 Å². The van der Waals surface area contributed by atoms with E-state index in [0.717, 1.165) is 12.3 Å². The van der Waals surface area contributed by atoms with Gasteiger partial charge >= 0.3 is 11.9 Å². The first kappa shape index (κ1) is 15.7. The van der Waals surface area contributed by atoms with E-state index in [-0.39, 0.29) is 6.10 Å². The van der Waals surface area contributed by atoms with Crippen LogP contribution in [-0.4, -0.2) is 41.8 Å². The van der Waals surface area contributed by atoms with E-state index in [1.807, 2.05) is 25.2 Å². The van der Waals surface area contributed by atoms with Crippen molar-refractivity contribution >= 4 is 18.0 Å². The average molecular weight is 279 g/mol. The Morgan fingerprint density at radius 2 is 1.85 bits per heavy atom. The number of hydrogen-bond donors (Lipinski definition) is 3. The van der Waals surface area contributed by atoms with Crippen LogP contribution in [0.1, 0.15) is 12.5 Å². The van der Waals surface area contributed by atoms with E-state index in [2.05, 4.69) is 24.4 Å². The van der Waals surface area contributed by atoms with E-state index in [1.165, 1.54) is 11.1 Å². The summed E-state index contributed by atoms with van der Waals surface area (Å²) in [5, 5.41) is 17.9. The van der Waals surface area contributed by atoms with Gasteiger partial charge in [-0.1, -0.05) is 18.2 Å². The molecule has 3 N–H and O–H groups in total. The summed E-state index contributed by atoms with van der Waals surface area (Å²) < 4.78 is 5.79. The highest BCUT2D eigenvalue weighted by Crippen LogP contribution is 2.28. The van der Waals surface area contributed by atoms with Gasteiger partial charge in [0.1, 0.15) is 11.9 Å². The highest BCUT2D eigenvalue weighted by Gasteiger charge is 2.16. The fourth-order valence-electron chi connectivity index (χ4n) is 1.69. The molecule has 1 unspecified atom stereocenters. The van der Waals surface area contributed by atoms with Crippen LogP contribution in [0.5, 0.6) is 5.75 Å². The zero-order valence-corrected chi connectivity index (χ0v) is 11.3. The molecule has 108 valence electrons. The van der Waals surface area contributed by atoms with Crippen molar-refractivity contribution in [3.8, 4) is 5.75 Å². The molecule has 1 atom stereocenters. The minimum atomic E-state index is -1.82. The van der Waals surface area contributed by atoms with Crippen LogP contribution in [0.25, 0.3) is 6.08 Å². The Kier molecular flexibility index (Phi) is 5.74. The number of rotatable bonds is 2. The number of carboxylic acids is 2. The van der Waals surface area contributed by atoms with E-state index in [0.29, 0.717) is 0 Å². The molecule has 0 saturated heterocycles.